The van der Waals surface area contributed by atoms with Gasteiger partial charge in [0, 0.05) is 36.7 Å². The van der Waals surface area contributed by atoms with E-state index in [1.165, 1.54) is 6.07 Å². The van der Waals surface area contributed by atoms with Crippen molar-refractivity contribution >= 4 is 21.6 Å². The van der Waals surface area contributed by atoms with Gasteiger partial charge in [-0.15, -0.1) is 0 Å². The van der Waals surface area contributed by atoms with E-state index in [1.807, 2.05) is 43.3 Å². The topological polar surface area (TPSA) is 12.5 Å². The first-order chi connectivity index (χ1) is 9.11. The Morgan fingerprint density at radius 3 is 2.58 bits per heavy atom. The van der Waals surface area contributed by atoms with Crippen molar-refractivity contribution in [3.8, 4) is 11.5 Å². The van der Waals surface area contributed by atoms with Crippen LogP contribution in [0.1, 0.15) is 5.56 Å². The molecule has 0 atom stereocenters. The molecule has 0 aromatic heterocycles. The summed E-state index contributed by atoms with van der Waals surface area (Å²) >= 11 is 3.28. The predicted molar refractivity (Wildman–Crippen MR) is 79.9 cm³/mol. The first-order valence-electron chi connectivity index (χ1n) is 5.90. The molecule has 19 heavy (non-hydrogen) atoms. The molecule has 0 saturated heterocycles. The van der Waals surface area contributed by atoms with Crippen molar-refractivity contribution < 1.29 is 9.13 Å². The Morgan fingerprint density at radius 1 is 1.16 bits per heavy atom. The zero-order chi connectivity index (χ0) is 13.8. The summed E-state index contributed by atoms with van der Waals surface area (Å²) in [5, 5.41) is 0.419. The molecule has 0 fully saturated rings. The van der Waals surface area contributed by atoms with E-state index < -0.39 is 0 Å². The Bertz CT molecular complexity index is 572. The predicted octanol–water partition coefficient (Wildman–Crippen LogP) is 4.58. The number of benzene rings is 2. The van der Waals surface area contributed by atoms with E-state index in [1.54, 1.807) is 12.1 Å². The van der Waals surface area contributed by atoms with E-state index in [4.69, 9.17) is 4.74 Å². The minimum atomic E-state index is -0.266. The Kier molecular flexibility index (Phi) is 4.43. The van der Waals surface area contributed by atoms with Gasteiger partial charge in [0.2, 0.25) is 0 Å². The SMILES string of the molecule is CN(C)c1cccc(Oc2cccc(F)c2CBr)c1. The maximum Gasteiger partial charge on any atom is 0.134 e. The third-order valence-corrected chi connectivity index (χ3v) is 3.33. The van der Waals surface area contributed by atoms with Crippen LogP contribution in [-0.4, -0.2) is 14.1 Å². The van der Waals surface area contributed by atoms with Crippen LogP contribution in [0.3, 0.4) is 0 Å². The van der Waals surface area contributed by atoms with Crippen molar-refractivity contribution in [1.82, 2.24) is 0 Å². The maximum absolute atomic E-state index is 13.6. The minimum Gasteiger partial charge on any atom is -0.457 e. The summed E-state index contributed by atoms with van der Waals surface area (Å²) in [5.74, 6) is 0.963. The molecule has 0 aliphatic carbocycles. The van der Waals surface area contributed by atoms with Crippen LogP contribution >= 0.6 is 15.9 Å². The molecule has 2 nitrogen and oxygen atoms in total. The van der Waals surface area contributed by atoms with Crippen molar-refractivity contribution in [3.63, 3.8) is 0 Å². The number of nitrogens with zero attached hydrogens (tertiary/aromatic N) is 1. The first-order valence-corrected chi connectivity index (χ1v) is 7.02. The summed E-state index contributed by atoms with van der Waals surface area (Å²) < 4.78 is 19.4. The number of alkyl halides is 1. The van der Waals surface area contributed by atoms with Crippen LogP contribution in [-0.2, 0) is 5.33 Å². The second kappa shape index (κ2) is 6.06. The van der Waals surface area contributed by atoms with Crippen molar-refractivity contribution in [2.24, 2.45) is 0 Å². The highest BCUT2D eigenvalue weighted by Gasteiger charge is 2.09. The number of ether oxygens (including phenoxy) is 1. The van der Waals surface area contributed by atoms with E-state index in [-0.39, 0.29) is 5.82 Å². The van der Waals surface area contributed by atoms with Crippen LogP contribution in [0.25, 0.3) is 0 Å². The average Bonchev–Trinajstić information content (AvgIpc) is 2.39. The van der Waals surface area contributed by atoms with Gasteiger partial charge < -0.3 is 9.64 Å². The molecule has 0 saturated carbocycles. The second-order valence-electron chi connectivity index (χ2n) is 4.34. The molecule has 4 heteroatoms. The quantitative estimate of drug-likeness (QED) is 0.764. The molecule has 2 rings (SSSR count). The monoisotopic (exact) mass is 323 g/mol. The Balaban J connectivity index is 2.31. The summed E-state index contributed by atoms with van der Waals surface area (Å²) in [6.07, 6.45) is 0. The van der Waals surface area contributed by atoms with Crippen LogP contribution in [0.15, 0.2) is 42.5 Å². The summed E-state index contributed by atoms with van der Waals surface area (Å²) in [5.41, 5.74) is 1.56. The van der Waals surface area contributed by atoms with Crippen molar-refractivity contribution in [1.29, 1.82) is 0 Å². The van der Waals surface area contributed by atoms with Crippen LogP contribution in [0.5, 0.6) is 11.5 Å². The lowest BCUT2D eigenvalue weighted by atomic mass is 10.2. The van der Waals surface area contributed by atoms with Crippen molar-refractivity contribution in [2.75, 3.05) is 19.0 Å². The summed E-state index contributed by atoms with van der Waals surface area (Å²) in [4.78, 5) is 1.99. The fourth-order valence-corrected chi connectivity index (χ4v) is 2.26. The van der Waals surface area contributed by atoms with E-state index in [2.05, 4.69) is 15.9 Å². The van der Waals surface area contributed by atoms with Crippen LogP contribution in [0.2, 0.25) is 0 Å². The van der Waals surface area contributed by atoms with Crippen molar-refractivity contribution in [2.45, 2.75) is 5.33 Å². The molecule has 0 N–H and O–H groups in total. The average molecular weight is 324 g/mol. The lowest BCUT2D eigenvalue weighted by Gasteiger charge is -2.15. The highest BCUT2D eigenvalue weighted by atomic mass is 79.9. The minimum absolute atomic E-state index is 0.266. The fraction of sp³-hybridized carbons (Fsp3) is 0.200. The number of halogens is 2. The highest BCUT2D eigenvalue weighted by molar-refractivity contribution is 9.08. The zero-order valence-electron chi connectivity index (χ0n) is 10.9. The van der Waals surface area contributed by atoms with Gasteiger partial charge in [-0.2, -0.15) is 0 Å². The van der Waals surface area contributed by atoms with Crippen LogP contribution in [0, 0.1) is 5.82 Å². The second-order valence-corrected chi connectivity index (χ2v) is 4.90. The Labute approximate surface area is 120 Å². The van der Waals surface area contributed by atoms with Gasteiger partial charge in [-0.1, -0.05) is 28.1 Å². The normalized spacial score (nSPS) is 10.3. The molecule has 2 aromatic rings. The molecule has 2 aromatic carbocycles. The molecular formula is C15H15BrFNO. The zero-order valence-corrected chi connectivity index (χ0v) is 12.4. The molecule has 0 radical (unpaired) electrons. The maximum atomic E-state index is 13.6. The van der Waals surface area contributed by atoms with Gasteiger partial charge in [0.1, 0.15) is 17.3 Å². The smallest absolute Gasteiger partial charge is 0.134 e. The largest absolute Gasteiger partial charge is 0.457 e. The molecule has 100 valence electrons. The molecule has 0 unspecified atom stereocenters. The van der Waals surface area contributed by atoms with E-state index in [0.717, 1.165) is 5.69 Å². The van der Waals surface area contributed by atoms with Crippen molar-refractivity contribution in [3.05, 3.63) is 53.8 Å². The van der Waals surface area contributed by atoms with Gasteiger partial charge in [-0.25, -0.2) is 4.39 Å². The molecule has 0 spiro atoms. The summed E-state index contributed by atoms with van der Waals surface area (Å²) in [6, 6.07) is 12.5. The highest BCUT2D eigenvalue weighted by Crippen LogP contribution is 2.30. The summed E-state index contributed by atoms with van der Waals surface area (Å²) in [6.45, 7) is 0. The van der Waals surface area contributed by atoms with Crippen LogP contribution in [0.4, 0.5) is 10.1 Å². The van der Waals surface area contributed by atoms with Gasteiger partial charge in [-0.05, 0) is 24.3 Å². The third-order valence-electron chi connectivity index (χ3n) is 2.77. The standard InChI is InChI=1S/C15H15BrFNO/c1-18(2)11-5-3-6-12(9-11)19-15-8-4-7-14(17)13(15)10-16/h3-9H,10H2,1-2H3. The third kappa shape index (κ3) is 3.26. The number of rotatable bonds is 4. The van der Waals surface area contributed by atoms with E-state index in [9.17, 15) is 4.39 Å². The lowest BCUT2D eigenvalue weighted by Crippen LogP contribution is -2.08. The Morgan fingerprint density at radius 2 is 1.89 bits per heavy atom. The van der Waals surface area contributed by atoms with Crippen LogP contribution < -0.4 is 9.64 Å². The first kappa shape index (κ1) is 13.9. The van der Waals surface area contributed by atoms with E-state index >= 15 is 0 Å². The molecule has 0 amide bonds. The van der Waals surface area contributed by atoms with Gasteiger partial charge in [0.15, 0.2) is 0 Å². The van der Waals surface area contributed by atoms with Gasteiger partial charge in [0.05, 0.1) is 0 Å². The number of hydrogen-bond acceptors (Lipinski definition) is 2. The Hall–Kier alpha value is -1.55. The molecule has 0 aliphatic rings. The summed E-state index contributed by atoms with van der Waals surface area (Å²) in [7, 11) is 3.93. The van der Waals surface area contributed by atoms with E-state index in [0.29, 0.717) is 22.4 Å². The lowest BCUT2D eigenvalue weighted by molar-refractivity contribution is 0.471. The van der Waals surface area contributed by atoms with Gasteiger partial charge in [-0.3, -0.25) is 0 Å². The van der Waals surface area contributed by atoms with Gasteiger partial charge in [0.25, 0.3) is 0 Å². The fourth-order valence-electron chi connectivity index (χ4n) is 1.72. The molecule has 0 aliphatic heterocycles. The molecule has 0 bridgehead atoms. The molecular weight excluding hydrogens is 309 g/mol. The number of hydrogen-bond donors (Lipinski definition) is 0. The van der Waals surface area contributed by atoms with Gasteiger partial charge >= 0.3 is 0 Å². The molecule has 0 heterocycles. The number of anilines is 1.